The average Bonchev–Trinajstić information content (AvgIpc) is 2.61. The average molecular weight is 318 g/mol. The van der Waals surface area contributed by atoms with Crippen molar-refractivity contribution in [1.82, 2.24) is 10.2 Å². The van der Waals surface area contributed by atoms with Crippen LogP contribution >= 0.6 is 0 Å². The highest BCUT2D eigenvalue weighted by molar-refractivity contribution is 5.63. The van der Waals surface area contributed by atoms with Crippen LogP contribution < -0.4 is 5.32 Å². The molecule has 0 aliphatic rings. The predicted molar refractivity (Wildman–Crippen MR) is 104 cm³/mol. The summed E-state index contributed by atoms with van der Waals surface area (Å²) < 4.78 is 0. The van der Waals surface area contributed by atoms with Crippen molar-refractivity contribution in [1.29, 1.82) is 0 Å². The van der Waals surface area contributed by atoms with Gasteiger partial charge < -0.3 is 10.2 Å². The summed E-state index contributed by atoms with van der Waals surface area (Å²) in [6, 6.07) is 20.6. The van der Waals surface area contributed by atoms with Gasteiger partial charge in [-0.1, -0.05) is 73.8 Å². The highest BCUT2D eigenvalue weighted by Gasteiger charge is 2.09. The lowest BCUT2D eigenvalue weighted by Gasteiger charge is -2.24. The minimum absolute atomic E-state index is 0.837. The van der Waals surface area contributed by atoms with Gasteiger partial charge in [-0.2, -0.15) is 0 Å². The Kier molecular flexibility index (Phi) is 6.02. The van der Waals surface area contributed by atoms with E-state index in [2.05, 4.69) is 68.5 Å². The first-order valence-corrected chi connectivity index (χ1v) is 8.12. The van der Waals surface area contributed by atoms with E-state index in [-0.39, 0.29) is 0 Å². The Morgan fingerprint density at radius 3 is 2.04 bits per heavy atom. The summed E-state index contributed by atoms with van der Waals surface area (Å²) >= 11 is 0. The molecular weight excluding hydrogens is 292 g/mol. The summed E-state index contributed by atoms with van der Waals surface area (Å²) in [7, 11) is 2.07. The van der Waals surface area contributed by atoms with Gasteiger partial charge in [0.1, 0.15) is 0 Å². The molecule has 0 aliphatic heterocycles. The summed E-state index contributed by atoms with van der Waals surface area (Å²) in [5.41, 5.74) is 6.45. The van der Waals surface area contributed by atoms with Gasteiger partial charge in [-0.05, 0) is 30.5 Å². The van der Waals surface area contributed by atoms with Gasteiger partial charge in [-0.3, -0.25) is 0 Å². The number of nitrogens with zero attached hydrogens (tertiary/aromatic N) is 1. The molecule has 1 N–H and O–H groups in total. The van der Waals surface area contributed by atoms with Crippen molar-refractivity contribution >= 4 is 5.70 Å². The minimum Gasteiger partial charge on any atom is -0.370 e. The highest BCUT2D eigenvalue weighted by atomic mass is 15.1. The molecular formula is C22H26N2. The molecule has 0 spiro atoms. The van der Waals surface area contributed by atoms with E-state index in [9.17, 15) is 0 Å². The van der Waals surface area contributed by atoms with Crippen molar-refractivity contribution in [3.05, 3.63) is 102 Å². The van der Waals surface area contributed by atoms with Crippen molar-refractivity contribution in [3.63, 3.8) is 0 Å². The van der Waals surface area contributed by atoms with Crippen LogP contribution in [0.15, 0.2) is 90.8 Å². The number of nitrogens with one attached hydrogen (secondary N) is 1. The van der Waals surface area contributed by atoms with E-state index in [0.29, 0.717) is 0 Å². The first-order valence-electron chi connectivity index (χ1n) is 8.12. The van der Waals surface area contributed by atoms with Crippen LogP contribution in [0.25, 0.3) is 5.70 Å². The van der Waals surface area contributed by atoms with Crippen LogP contribution in [0, 0.1) is 0 Å². The van der Waals surface area contributed by atoms with E-state index < -0.39 is 0 Å². The fourth-order valence-corrected chi connectivity index (χ4v) is 2.49. The number of likely N-dealkylation sites (N-methyl/N-ethyl adjacent to an activating group) is 1. The lowest BCUT2D eigenvalue weighted by atomic mass is 10.1. The molecule has 0 heterocycles. The molecule has 0 saturated carbocycles. The molecule has 0 aromatic heterocycles. The van der Waals surface area contributed by atoms with E-state index in [1.807, 2.05) is 36.4 Å². The van der Waals surface area contributed by atoms with Crippen LogP contribution in [0.5, 0.6) is 0 Å². The Bertz CT molecular complexity index is 727. The number of allylic oxidation sites excluding steroid dienone is 2. The molecule has 24 heavy (non-hydrogen) atoms. The molecule has 2 heteroatoms. The van der Waals surface area contributed by atoms with E-state index in [0.717, 1.165) is 34.8 Å². The molecule has 0 atom stereocenters. The molecule has 0 fully saturated rings. The number of hydrogen-bond donors (Lipinski definition) is 1. The van der Waals surface area contributed by atoms with Gasteiger partial charge in [-0.15, -0.1) is 0 Å². The predicted octanol–water partition coefficient (Wildman–Crippen LogP) is 5.19. The largest absolute Gasteiger partial charge is 0.370 e. The van der Waals surface area contributed by atoms with E-state index in [4.69, 9.17) is 0 Å². The number of hydrogen-bond acceptors (Lipinski definition) is 2. The quantitative estimate of drug-likeness (QED) is 0.707. The van der Waals surface area contributed by atoms with Gasteiger partial charge in [0.15, 0.2) is 0 Å². The van der Waals surface area contributed by atoms with Gasteiger partial charge >= 0.3 is 0 Å². The summed E-state index contributed by atoms with van der Waals surface area (Å²) in [6.07, 6.45) is 0. The first-order chi connectivity index (χ1) is 11.5. The summed E-state index contributed by atoms with van der Waals surface area (Å²) in [6.45, 7) is 13.4. The van der Waals surface area contributed by atoms with Gasteiger partial charge in [0.25, 0.3) is 0 Å². The Balaban J connectivity index is 2.04. The van der Waals surface area contributed by atoms with Crippen molar-refractivity contribution in [2.24, 2.45) is 0 Å². The molecule has 0 radical (unpaired) electrons. The Hall–Kier alpha value is -2.74. The second-order valence-corrected chi connectivity index (χ2v) is 6.01. The van der Waals surface area contributed by atoms with E-state index in [1.165, 1.54) is 5.56 Å². The van der Waals surface area contributed by atoms with Crippen molar-refractivity contribution in [2.45, 2.75) is 20.4 Å². The highest BCUT2D eigenvalue weighted by Crippen LogP contribution is 2.19. The smallest absolute Gasteiger partial charge is 0.0426 e. The third kappa shape index (κ3) is 4.63. The zero-order valence-electron chi connectivity index (χ0n) is 14.8. The molecule has 0 unspecified atom stereocenters. The van der Waals surface area contributed by atoms with Crippen LogP contribution in [0.1, 0.15) is 25.0 Å². The molecule has 124 valence electrons. The third-order valence-corrected chi connectivity index (χ3v) is 4.18. The zero-order chi connectivity index (χ0) is 17.5. The van der Waals surface area contributed by atoms with Crippen molar-refractivity contribution < 1.29 is 0 Å². The van der Waals surface area contributed by atoms with Crippen LogP contribution in [0.4, 0.5) is 0 Å². The normalized spacial score (nSPS) is 11.5. The van der Waals surface area contributed by atoms with Crippen LogP contribution in [-0.4, -0.2) is 11.9 Å². The summed E-state index contributed by atoms with van der Waals surface area (Å²) in [4.78, 5) is 2.17. The van der Waals surface area contributed by atoms with Gasteiger partial charge in [0.2, 0.25) is 0 Å². The zero-order valence-corrected chi connectivity index (χ0v) is 14.8. The maximum Gasteiger partial charge on any atom is 0.0426 e. The Morgan fingerprint density at radius 1 is 0.917 bits per heavy atom. The van der Waals surface area contributed by atoms with Crippen molar-refractivity contribution in [2.75, 3.05) is 7.05 Å². The van der Waals surface area contributed by atoms with Crippen molar-refractivity contribution in [3.8, 4) is 0 Å². The second kappa shape index (κ2) is 8.21. The lowest BCUT2D eigenvalue weighted by Crippen LogP contribution is -2.20. The van der Waals surface area contributed by atoms with E-state index in [1.54, 1.807) is 0 Å². The van der Waals surface area contributed by atoms with Crippen LogP contribution in [-0.2, 0) is 6.54 Å². The van der Waals surface area contributed by atoms with Gasteiger partial charge in [-0.25, -0.2) is 0 Å². The van der Waals surface area contributed by atoms with Crippen LogP contribution in [0.2, 0.25) is 0 Å². The first kappa shape index (κ1) is 17.6. The van der Waals surface area contributed by atoms with Crippen LogP contribution in [0.3, 0.4) is 0 Å². The lowest BCUT2D eigenvalue weighted by molar-refractivity contribution is 0.419. The standard InChI is InChI=1S/C22H26N2/c1-17(18(2)23-19(3)22-14-10-7-11-15-22)20(4)24(5)16-21-12-8-6-9-13-21/h6-15,23H,3-4,16H2,1-2,5H3/b18-17+. The summed E-state index contributed by atoms with van der Waals surface area (Å²) in [5, 5.41) is 3.39. The SMILES string of the molecule is C=C(N/C(C)=C(\C)C(=C)N(C)Cc1ccccc1)c1ccccc1. The number of benzene rings is 2. The third-order valence-electron chi connectivity index (χ3n) is 4.18. The molecule has 0 aliphatic carbocycles. The molecule has 0 amide bonds. The fourth-order valence-electron chi connectivity index (χ4n) is 2.49. The maximum atomic E-state index is 4.25. The molecule has 2 aromatic rings. The molecule has 2 rings (SSSR count). The van der Waals surface area contributed by atoms with E-state index >= 15 is 0 Å². The molecule has 2 aromatic carbocycles. The topological polar surface area (TPSA) is 15.3 Å². The summed E-state index contributed by atoms with van der Waals surface area (Å²) in [5.74, 6) is 0. The Labute approximate surface area is 145 Å². The molecule has 0 saturated heterocycles. The Morgan fingerprint density at radius 2 is 1.46 bits per heavy atom. The molecule has 2 nitrogen and oxygen atoms in total. The monoisotopic (exact) mass is 318 g/mol. The minimum atomic E-state index is 0.837. The molecule has 0 bridgehead atoms. The van der Waals surface area contributed by atoms with Gasteiger partial charge in [0, 0.05) is 30.7 Å². The van der Waals surface area contributed by atoms with Gasteiger partial charge in [0.05, 0.1) is 0 Å². The second-order valence-electron chi connectivity index (χ2n) is 6.01. The number of rotatable bonds is 7. The maximum absolute atomic E-state index is 4.25. The fraction of sp³-hybridized carbons (Fsp3) is 0.182.